The van der Waals surface area contributed by atoms with E-state index in [0.717, 1.165) is 18.7 Å². The molecule has 0 aliphatic rings. The fourth-order valence-electron chi connectivity index (χ4n) is 2.77. The van der Waals surface area contributed by atoms with Crippen LogP contribution in [0.3, 0.4) is 0 Å². The van der Waals surface area contributed by atoms with Gasteiger partial charge in [-0.05, 0) is 53.2 Å². The molecule has 0 aliphatic heterocycles. The molecule has 0 saturated carbocycles. The van der Waals surface area contributed by atoms with Crippen LogP contribution in [-0.2, 0) is 6.54 Å². The first-order chi connectivity index (χ1) is 12.2. The van der Waals surface area contributed by atoms with Crippen LogP contribution >= 0.6 is 11.3 Å². The third-order valence-corrected chi connectivity index (χ3v) is 4.85. The minimum absolute atomic E-state index is 0.175. The summed E-state index contributed by atoms with van der Waals surface area (Å²) in [4.78, 5) is 14.5. The van der Waals surface area contributed by atoms with Gasteiger partial charge in [0.2, 0.25) is 0 Å². The highest BCUT2D eigenvalue weighted by molar-refractivity contribution is 7.07. The van der Waals surface area contributed by atoms with Crippen LogP contribution in [0.4, 0.5) is 4.79 Å². The van der Waals surface area contributed by atoms with Gasteiger partial charge in [0.1, 0.15) is 0 Å². The molecular weight excluding hydrogens is 332 g/mol. The molecule has 2 aromatic rings. The lowest BCUT2D eigenvalue weighted by Gasteiger charge is -2.29. The van der Waals surface area contributed by atoms with Gasteiger partial charge in [-0.3, -0.25) is 4.90 Å². The minimum Gasteiger partial charge on any atom is -0.336 e. The molecule has 0 fully saturated rings. The molecule has 0 unspecified atom stereocenters. The number of thiophene rings is 1. The molecule has 1 aromatic heterocycles. The Morgan fingerprint density at radius 1 is 1.28 bits per heavy atom. The van der Waals surface area contributed by atoms with E-state index in [2.05, 4.69) is 52.3 Å². The average Bonchev–Trinajstić information content (AvgIpc) is 3.18. The van der Waals surface area contributed by atoms with E-state index in [1.165, 1.54) is 5.56 Å². The standard InChI is InChI=1S/C19H24N4OS/c1-3-23(4-2)18(17-8-9-25-14-17)13-22-19(24)21-12-16-7-5-6-15(10-16)11-20/h5-10,14,18H,3-4,12-13H2,1-2H3,(H2,21,22,24)/t18-/m0/s1. The third-order valence-electron chi connectivity index (χ3n) is 4.15. The average molecular weight is 356 g/mol. The summed E-state index contributed by atoms with van der Waals surface area (Å²) in [6.07, 6.45) is 0. The topological polar surface area (TPSA) is 68.2 Å². The molecule has 1 atom stereocenters. The van der Waals surface area contributed by atoms with E-state index in [-0.39, 0.29) is 12.1 Å². The Kier molecular flexibility index (Phi) is 7.45. The van der Waals surface area contributed by atoms with Crippen molar-refractivity contribution in [3.63, 3.8) is 0 Å². The largest absolute Gasteiger partial charge is 0.336 e. The Bertz CT molecular complexity index is 704. The van der Waals surface area contributed by atoms with Gasteiger partial charge < -0.3 is 10.6 Å². The Morgan fingerprint density at radius 2 is 2.08 bits per heavy atom. The Morgan fingerprint density at radius 3 is 2.72 bits per heavy atom. The summed E-state index contributed by atoms with van der Waals surface area (Å²) in [5.41, 5.74) is 2.74. The molecule has 6 heteroatoms. The van der Waals surface area contributed by atoms with Gasteiger partial charge in [-0.15, -0.1) is 0 Å². The molecule has 0 bridgehead atoms. The summed E-state index contributed by atoms with van der Waals surface area (Å²) in [7, 11) is 0. The molecule has 0 aliphatic carbocycles. The first-order valence-electron chi connectivity index (χ1n) is 8.44. The van der Waals surface area contributed by atoms with Crippen LogP contribution in [0.25, 0.3) is 0 Å². The zero-order valence-corrected chi connectivity index (χ0v) is 15.5. The van der Waals surface area contributed by atoms with Crippen molar-refractivity contribution < 1.29 is 4.79 Å². The van der Waals surface area contributed by atoms with Gasteiger partial charge in [-0.2, -0.15) is 16.6 Å². The number of amides is 2. The summed E-state index contributed by atoms with van der Waals surface area (Å²) >= 11 is 1.67. The Labute approximate surface area is 153 Å². The lowest BCUT2D eigenvalue weighted by Crippen LogP contribution is -2.41. The Balaban J connectivity index is 1.89. The molecule has 0 radical (unpaired) electrons. The van der Waals surface area contributed by atoms with E-state index in [0.29, 0.717) is 18.7 Å². The summed E-state index contributed by atoms with van der Waals surface area (Å²) in [5.74, 6) is 0. The van der Waals surface area contributed by atoms with Crippen LogP contribution in [0.15, 0.2) is 41.1 Å². The van der Waals surface area contributed by atoms with Crippen molar-refractivity contribution in [1.29, 1.82) is 5.26 Å². The molecule has 2 amide bonds. The number of hydrogen-bond donors (Lipinski definition) is 2. The van der Waals surface area contributed by atoms with Gasteiger partial charge in [0.25, 0.3) is 0 Å². The number of carbonyl (C=O) groups is 1. The number of nitrogens with zero attached hydrogens (tertiary/aromatic N) is 2. The molecule has 2 rings (SSSR count). The van der Waals surface area contributed by atoms with E-state index in [1.54, 1.807) is 23.5 Å². The van der Waals surface area contributed by atoms with Crippen LogP contribution < -0.4 is 10.6 Å². The number of hydrogen-bond acceptors (Lipinski definition) is 4. The van der Waals surface area contributed by atoms with Crippen LogP contribution in [-0.4, -0.2) is 30.6 Å². The van der Waals surface area contributed by atoms with E-state index < -0.39 is 0 Å². The van der Waals surface area contributed by atoms with Gasteiger partial charge in [0, 0.05) is 13.1 Å². The number of rotatable bonds is 8. The third kappa shape index (κ3) is 5.59. The second kappa shape index (κ2) is 9.82. The molecule has 25 heavy (non-hydrogen) atoms. The quantitative estimate of drug-likeness (QED) is 0.761. The van der Waals surface area contributed by atoms with Gasteiger partial charge >= 0.3 is 6.03 Å². The van der Waals surface area contributed by atoms with E-state index in [9.17, 15) is 4.79 Å². The van der Waals surface area contributed by atoms with E-state index >= 15 is 0 Å². The fraction of sp³-hybridized carbons (Fsp3) is 0.368. The van der Waals surface area contributed by atoms with Gasteiger partial charge in [-0.1, -0.05) is 26.0 Å². The molecule has 1 heterocycles. The Hall–Kier alpha value is -2.36. The first kappa shape index (κ1) is 19.0. The highest BCUT2D eigenvalue weighted by Crippen LogP contribution is 2.22. The second-order valence-electron chi connectivity index (χ2n) is 5.67. The molecule has 2 N–H and O–H groups in total. The van der Waals surface area contributed by atoms with Crippen LogP contribution in [0.5, 0.6) is 0 Å². The van der Waals surface area contributed by atoms with Crippen molar-refractivity contribution in [2.45, 2.75) is 26.4 Å². The minimum atomic E-state index is -0.199. The van der Waals surface area contributed by atoms with Crippen molar-refractivity contribution in [3.8, 4) is 6.07 Å². The van der Waals surface area contributed by atoms with Crippen molar-refractivity contribution in [3.05, 3.63) is 57.8 Å². The zero-order valence-electron chi connectivity index (χ0n) is 14.7. The predicted molar refractivity (Wildman–Crippen MR) is 101 cm³/mol. The van der Waals surface area contributed by atoms with Crippen molar-refractivity contribution in [2.24, 2.45) is 0 Å². The second-order valence-corrected chi connectivity index (χ2v) is 6.45. The van der Waals surface area contributed by atoms with Crippen molar-refractivity contribution in [2.75, 3.05) is 19.6 Å². The summed E-state index contributed by atoms with van der Waals surface area (Å²) in [6, 6.07) is 11.4. The molecular formula is C19H24N4OS. The molecule has 0 saturated heterocycles. The number of benzene rings is 1. The van der Waals surface area contributed by atoms with Crippen LogP contribution in [0, 0.1) is 11.3 Å². The smallest absolute Gasteiger partial charge is 0.315 e. The lowest BCUT2D eigenvalue weighted by atomic mass is 10.1. The fourth-order valence-corrected chi connectivity index (χ4v) is 3.48. The zero-order chi connectivity index (χ0) is 18.1. The SMILES string of the molecule is CCN(CC)[C@@H](CNC(=O)NCc1cccc(C#N)c1)c1ccsc1. The molecule has 1 aromatic carbocycles. The number of nitrogens with one attached hydrogen (secondary N) is 2. The maximum atomic E-state index is 12.1. The molecule has 5 nitrogen and oxygen atoms in total. The van der Waals surface area contributed by atoms with Crippen LogP contribution in [0.1, 0.15) is 36.6 Å². The number of carbonyl (C=O) groups excluding carboxylic acids is 1. The summed E-state index contributed by atoms with van der Waals surface area (Å²) < 4.78 is 0. The lowest BCUT2D eigenvalue weighted by molar-refractivity contribution is 0.206. The van der Waals surface area contributed by atoms with Crippen LogP contribution in [0.2, 0.25) is 0 Å². The van der Waals surface area contributed by atoms with Gasteiger partial charge in [-0.25, -0.2) is 4.79 Å². The highest BCUT2D eigenvalue weighted by atomic mass is 32.1. The maximum absolute atomic E-state index is 12.1. The summed E-state index contributed by atoms with van der Waals surface area (Å²) in [6.45, 7) is 7.08. The first-order valence-corrected chi connectivity index (χ1v) is 9.39. The number of urea groups is 1. The normalized spacial score (nSPS) is 11.8. The van der Waals surface area contributed by atoms with E-state index in [1.807, 2.05) is 12.1 Å². The summed E-state index contributed by atoms with van der Waals surface area (Å²) in [5, 5.41) is 18.9. The molecule has 132 valence electrons. The van der Waals surface area contributed by atoms with Crippen molar-refractivity contribution >= 4 is 17.4 Å². The predicted octanol–water partition coefficient (Wildman–Crippen LogP) is 3.50. The number of nitriles is 1. The maximum Gasteiger partial charge on any atom is 0.315 e. The monoisotopic (exact) mass is 356 g/mol. The van der Waals surface area contributed by atoms with Crippen molar-refractivity contribution in [1.82, 2.24) is 15.5 Å². The van der Waals surface area contributed by atoms with E-state index in [4.69, 9.17) is 5.26 Å². The van der Waals surface area contributed by atoms with Gasteiger partial charge in [0.15, 0.2) is 0 Å². The highest BCUT2D eigenvalue weighted by Gasteiger charge is 2.19. The molecule has 0 spiro atoms. The number of likely N-dealkylation sites (N-methyl/N-ethyl adjacent to an activating group) is 1. The van der Waals surface area contributed by atoms with Gasteiger partial charge in [0.05, 0.1) is 17.7 Å².